The lowest BCUT2D eigenvalue weighted by Crippen LogP contribution is -2.47. The van der Waals surface area contributed by atoms with Crippen LogP contribution in [0.1, 0.15) is 62.0 Å². The topological polar surface area (TPSA) is 81.5 Å². The lowest BCUT2D eigenvalue weighted by molar-refractivity contribution is 0.0594. The summed E-state index contributed by atoms with van der Waals surface area (Å²) in [5.41, 5.74) is 2.75. The highest BCUT2D eigenvalue weighted by Crippen LogP contribution is 2.34. The van der Waals surface area contributed by atoms with Gasteiger partial charge in [-0.2, -0.15) is 0 Å². The fourth-order valence-corrected chi connectivity index (χ4v) is 5.06. The second-order valence-electron chi connectivity index (χ2n) is 9.76. The number of nitrogens with zero attached hydrogens (tertiary/aromatic N) is 3. The number of ether oxygens (including phenoxy) is 1. The van der Waals surface area contributed by atoms with Crippen molar-refractivity contribution >= 4 is 28.9 Å². The molecular formula is C27H36FN5O2. The third-order valence-electron chi connectivity index (χ3n) is 7.06. The normalized spacial score (nSPS) is 17.5. The van der Waals surface area contributed by atoms with Crippen LogP contribution in [0, 0.1) is 17.1 Å². The average Bonchev–Trinajstić information content (AvgIpc) is 2.89. The molecule has 2 aliphatic heterocycles. The molecule has 2 N–H and O–H groups in total. The summed E-state index contributed by atoms with van der Waals surface area (Å²) in [5, 5.41) is 12.1. The van der Waals surface area contributed by atoms with Gasteiger partial charge in [-0.15, -0.1) is 0 Å². The lowest BCUT2D eigenvalue weighted by atomic mass is 9.95. The summed E-state index contributed by atoms with van der Waals surface area (Å²) < 4.78 is 18.5. The summed E-state index contributed by atoms with van der Waals surface area (Å²) in [7, 11) is 1.34. The second-order valence-corrected chi connectivity index (χ2v) is 9.76. The number of pyridine rings is 1. The highest BCUT2D eigenvalue weighted by Gasteiger charge is 2.30. The molecule has 0 amide bonds. The number of likely N-dealkylation sites (tertiary alicyclic amines) is 1. The van der Waals surface area contributed by atoms with Crippen molar-refractivity contribution in [3.63, 3.8) is 0 Å². The molecule has 2 aliphatic rings. The zero-order valence-corrected chi connectivity index (χ0v) is 20.9. The van der Waals surface area contributed by atoms with E-state index in [1.807, 2.05) is 13.8 Å². The summed E-state index contributed by atoms with van der Waals surface area (Å²) in [4.78, 5) is 22.0. The Morgan fingerprint density at radius 1 is 1.11 bits per heavy atom. The molecule has 2 fully saturated rings. The van der Waals surface area contributed by atoms with Gasteiger partial charge in [-0.3, -0.25) is 0 Å². The number of methoxy groups -OCH3 is 1. The summed E-state index contributed by atoms with van der Waals surface area (Å²) in [6, 6.07) is 8.31. The van der Waals surface area contributed by atoms with Crippen LogP contribution >= 0.6 is 0 Å². The van der Waals surface area contributed by atoms with Gasteiger partial charge in [0.05, 0.1) is 18.4 Å². The van der Waals surface area contributed by atoms with E-state index in [1.165, 1.54) is 51.6 Å². The van der Waals surface area contributed by atoms with Gasteiger partial charge in [-0.25, -0.2) is 14.2 Å². The molecular weight excluding hydrogens is 445 g/mol. The van der Waals surface area contributed by atoms with E-state index in [2.05, 4.69) is 20.1 Å². The number of benzene rings is 1. The molecule has 7 nitrogen and oxygen atoms in total. The highest BCUT2D eigenvalue weighted by molar-refractivity contribution is 6.09. The van der Waals surface area contributed by atoms with E-state index < -0.39 is 5.97 Å². The zero-order valence-electron chi connectivity index (χ0n) is 20.9. The fraction of sp³-hybridized carbons (Fsp3) is 0.519. The largest absolute Gasteiger partial charge is 0.464 e. The van der Waals surface area contributed by atoms with Crippen LogP contribution in [-0.2, 0) is 4.74 Å². The summed E-state index contributed by atoms with van der Waals surface area (Å²) in [6.45, 7) is 8.01. The van der Waals surface area contributed by atoms with Crippen molar-refractivity contribution in [1.82, 2.24) is 9.88 Å². The smallest absolute Gasteiger partial charge is 0.356 e. The first-order valence-electron chi connectivity index (χ1n) is 12.6. The fourth-order valence-electron chi connectivity index (χ4n) is 5.06. The maximum atomic E-state index is 13.5. The molecule has 2 aromatic rings. The minimum Gasteiger partial charge on any atom is -0.464 e. The number of nitrogens with one attached hydrogen (secondary N) is 2. The molecule has 4 rings (SSSR count). The predicted octanol–water partition coefficient (Wildman–Crippen LogP) is 5.23. The molecule has 0 radical (unpaired) electrons. The highest BCUT2D eigenvalue weighted by atomic mass is 19.1. The van der Waals surface area contributed by atoms with E-state index in [4.69, 9.17) is 10.1 Å². The van der Waals surface area contributed by atoms with Crippen LogP contribution in [-0.4, -0.2) is 60.9 Å². The minimum absolute atomic E-state index is 0.0424. The number of halogens is 1. The molecule has 8 heteroatoms. The van der Waals surface area contributed by atoms with Crippen molar-refractivity contribution in [3.8, 4) is 0 Å². The van der Waals surface area contributed by atoms with E-state index >= 15 is 0 Å². The van der Waals surface area contributed by atoms with E-state index in [0.29, 0.717) is 28.8 Å². The Hall–Kier alpha value is -3.00. The van der Waals surface area contributed by atoms with Gasteiger partial charge in [0.25, 0.3) is 0 Å². The average molecular weight is 482 g/mol. The Bertz CT molecular complexity index is 1040. The van der Waals surface area contributed by atoms with Crippen molar-refractivity contribution in [1.29, 1.82) is 5.41 Å². The minimum atomic E-state index is -0.528. The van der Waals surface area contributed by atoms with Crippen LogP contribution in [0.3, 0.4) is 0 Å². The van der Waals surface area contributed by atoms with Gasteiger partial charge in [-0.05, 0) is 75.0 Å². The van der Waals surface area contributed by atoms with Crippen molar-refractivity contribution in [2.24, 2.45) is 5.92 Å². The summed E-state index contributed by atoms with van der Waals surface area (Å²) >= 11 is 0. The van der Waals surface area contributed by atoms with E-state index in [-0.39, 0.29) is 17.4 Å². The van der Waals surface area contributed by atoms with Gasteiger partial charge in [-0.1, -0.05) is 20.3 Å². The molecule has 1 aromatic heterocycles. The number of carbonyl (C=O) groups is 1. The third-order valence-corrected chi connectivity index (χ3v) is 7.06. The molecule has 35 heavy (non-hydrogen) atoms. The Morgan fingerprint density at radius 2 is 1.77 bits per heavy atom. The number of piperidine rings is 2. The molecule has 2 saturated heterocycles. The number of anilines is 3. The van der Waals surface area contributed by atoms with E-state index in [1.54, 1.807) is 18.2 Å². The molecule has 0 spiro atoms. The Balaban J connectivity index is 1.70. The van der Waals surface area contributed by atoms with E-state index in [9.17, 15) is 9.18 Å². The van der Waals surface area contributed by atoms with Crippen molar-refractivity contribution in [2.75, 3.05) is 43.5 Å². The predicted molar refractivity (Wildman–Crippen MR) is 138 cm³/mol. The Kier molecular flexibility index (Phi) is 8.00. The molecule has 0 bridgehead atoms. The quantitative estimate of drug-likeness (QED) is 0.416. The van der Waals surface area contributed by atoms with Gasteiger partial charge >= 0.3 is 5.97 Å². The number of hydrogen-bond donors (Lipinski definition) is 2. The van der Waals surface area contributed by atoms with Gasteiger partial charge < -0.3 is 25.3 Å². The molecule has 0 unspecified atom stereocenters. The maximum Gasteiger partial charge on any atom is 0.356 e. The summed E-state index contributed by atoms with van der Waals surface area (Å²) in [6.07, 6.45) is 5.98. The lowest BCUT2D eigenvalue weighted by Gasteiger charge is -2.41. The van der Waals surface area contributed by atoms with Crippen LogP contribution in [0.15, 0.2) is 30.3 Å². The van der Waals surface area contributed by atoms with Crippen LogP contribution in [0.5, 0.6) is 0 Å². The van der Waals surface area contributed by atoms with Gasteiger partial charge in [0.2, 0.25) is 0 Å². The number of esters is 1. The van der Waals surface area contributed by atoms with Crippen LogP contribution in [0.2, 0.25) is 0 Å². The summed E-state index contributed by atoms with van der Waals surface area (Å²) in [5.74, 6) is -0.496. The molecule has 1 aromatic carbocycles. The van der Waals surface area contributed by atoms with Crippen molar-refractivity contribution < 1.29 is 13.9 Å². The number of carbonyl (C=O) groups excluding carboxylic acids is 1. The maximum absolute atomic E-state index is 13.5. The number of aromatic nitrogens is 1. The van der Waals surface area contributed by atoms with Gasteiger partial charge in [0.15, 0.2) is 5.69 Å². The van der Waals surface area contributed by atoms with Crippen LogP contribution in [0.4, 0.5) is 21.6 Å². The monoisotopic (exact) mass is 481 g/mol. The van der Waals surface area contributed by atoms with Gasteiger partial charge in [0.1, 0.15) is 11.6 Å². The molecule has 188 valence electrons. The molecule has 0 aliphatic carbocycles. The van der Waals surface area contributed by atoms with E-state index in [0.717, 1.165) is 31.6 Å². The van der Waals surface area contributed by atoms with Crippen molar-refractivity contribution in [2.45, 2.75) is 52.0 Å². The number of rotatable bonds is 7. The first-order valence-corrected chi connectivity index (χ1v) is 12.6. The Labute approximate surface area is 207 Å². The SMILES string of the molecule is COC(=O)c1cc(N2CCC(N3CCCCC3)CC2)c(C(=N)C(C)C)c(Nc2ccc(F)cc2)n1. The third kappa shape index (κ3) is 5.81. The second kappa shape index (κ2) is 11.2. The first-order chi connectivity index (χ1) is 16.9. The molecule has 3 heterocycles. The zero-order chi connectivity index (χ0) is 24.9. The van der Waals surface area contributed by atoms with Crippen molar-refractivity contribution in [3.05, 3.63) is 47.4 Å². The Morgan fingerprint density at radius 3 is 2.37 bits per heavy atom. The number of hydrogen-bond acceptors (Lipinski definition) is 7. The van der Waals surface area contributed by atoms with Crippen LogP contribution < -0.4 is 10.2 Å². The molecule has 0 atom stereocenters. The standard InChI is InChI=1S/C27H36FN5O2/c1-18(2)25(29)24-23(33-15-11-21(12-16-33)32-13-5-4-6-14-32)17-22(27(34)35-3)31-26(24)30-20-9-7-19(28)8-10-20/h7-10,17-18,21,29H,4-6,11-16H2,1-3H3,(H,30,31). The van der Waals surface area contributed by atoms with Gasteiger partial charge in [0, 0.05) is 30.5 Å². The molecule has 0 saturated carbocycles. The first kappa shape index (κ1) is 25.1. The van der Waals surface area contributed by atoms with Crippen LogP contribution in [0.25, 0.3) is 0 Å².